The highest BCUT2D eigenvalue weighted by molar-refractivity contribution is 5.49. The molecule has 0 aliphatic heterocycles. The molecule has 0 aliphatic rings. The van der Waals surface area contributed by atoms with Crippen molar-refractivity contribution >= 4 is 5.69 Å². The van der Waals surface area contributed by atoms with E-state index in [9.17, 15) is 0 Å². The number of hydrogen-bond acceptors (Lipinski definition) is 2. The van der Waals surface area contributed by atoms with Crippen molar-refractivity contribution in [2.45, 2.75) is 32.7 Å². The number of benzene rings is 2. The molecule has 2 aromatic rings. The van der Waals surface area contributed by atoms with Gasteiger partial charge in [-0.05, 0) is 36.1 Å². The first-order valence-electron chi connectivity index (χ1n) is 7.10. The minimum absolute atomic E-state index is 0.267. The molecule has 0 aromatic heterocycles. The van der Waals surface area contributed by atoms with Crippen LogP contribution in [0.1, 0.15) is 43.9 Å². The zero-order chi connectivity index (χ0) is 14.5. The van der Waals surface area contributed by atoms with Crippen LogP contribution in [0.5, 0.6) is 5.75 Å². The van der Waals surface area contributed by atoms with Crippen LogP contribution in [0.25, 0.3) is 0 Å². The van der Waals surface area contributed by atoms with Gasteiger partial charge in [0.1, 0.15) is 5.75 Å². The van der Waals surface area contributed by atoms with Gasteiger partial charge in [-0.15, -0.1) is 0 Å². The molecule has 2 aromatic carbocycles. The van der Waals surface area contributed by atoms with Crippen molar-refractivity contribution in [2.75, 3.05) is 12.4 Å². The lowest BCUT2D eigenvalue weighted by molar-refractivity contribution is 0.415. The van der Waals surface area contributed by atoms with Gasteiger partial charge in [-0.2, -0.15) is 0 Å². The number of nitrogens with one attached hydrogen (secondary N) is 1. The molecule has 1 atom stereocenters. The molecular weight excluding hydrogens is 246 g/mol. The third kappa shape index (κ3) is 3.53. The fourth-order valence-electron chi connectivity index (χ4n) is 2.22. The highest BCUT2D eigenvalue weighted by atomic mass is 16.5. The first-order chi connectivity index (χ1) is 9.60. The van der Waals surface area contributed by atoms with Gasteiger partial charge in [0.05, 0.1) is 7.11 Å². The van der Waals surface area contributed by atoms with Gasteiger partial charge < -0.3 is 10.1 Å². The summed E-state index contributed by atoms with van der Waals surface area (Å²) < 4.78 is 5.24. The van der Waals surface area contributed by atoms with Crippen molar-refractivity contribution in [3.8, 4) is 5.75 Å². The quantitative estimate of drug-likeness (QED) is 0.825. The Morgan fingerprint density at radius 2 is 1.55 bits per heavy atom. The number of ether oxygens (including phenoxy) is 1. The SMILES string of the molecule is COc1cccc(NC(C)c2ccc(C(C)C)cc2)c1. The molecule has 1 N–H and O–H groups in total. The van der Waals surface area contributed by atoms with E-state index in [4.69, 9.17) is 4.74 Å². The summed E-state index contributed by atoms with van der Waals surface area (Å²) in [5.41, 5.74) is 3.74. The van der Waals surface area contributed by atoms with Gasteiger partial charge in [0.15, 0.2) is 0 Å². The molecular formula is C18H23NO. The van der Waals surface area contributed by atoms with E-state index in [0.717, 1.165) is 11.4 Å². The molecule has 106 valence electrons. The van der Waals surface area contributed by atoms with E-state index in [1.54, 1.807) is 7.11 Å². The highest BCUT2D eigenvalue weighted by Gasteiger charge is 2.06. The van der Waals surface area contributed by atoms with Crippen molar-refractivity contribution in [2.24, 2.45) is 0 Å². The molecule has 2 nitrogen and oxygen atoms in total. The average Bonchev–Trinajstić information content (AvgIpc) is 2.47. The summed E-state index contributed by atoms with van der Waals surface area (Å²) in [7, 11) is 1.69. The van der Waals surface area contributed by atoms with Gasteiger partial charge >= 0.3 is 0 Å². The monoisotopic (exact) mass is 269 g/mol. The molecule has 0 saturated heterocycles. The molecule has 0 radical (unpaired) electrons. The smallest absolute Gasteiger partial charge is 0.120 e. The number of methoxy groups -OCH3 is 1. The van der Waals surface area contributed by atoms with E-state index in [1.807, 2.05) is 18.2 Å². The molecule has 2 rings (SSSR count). The number of rotatable bonds is 5. The Hall–Kier alpha value is -1.96. The molecule has 0 spiro atoms. The van der Waals surface area contributed by atoms with Gasteiger partial charge in [0.25, 0.3) is 0 Å². The largest absolute Gasteiger partial charge is 0.497 e. The first-order valence-corrected chi connectivity index (χ1v) is 7.10. The van der Waals surface area contributed by atoms with Crippen molar-refractivity contribution in [3.05, 3.63) is 59.7 Å². The Kier molecular flexibility index (Phi) is 4.67. The summed E-state index contributed by atoms with van der Waals surface area (Å²) in [5.74, 6) is 1.45. The Labute approximate surface area is 121 Å². The van der Waals surface area contributed by atoms with E-state index >= 15 is 0 Å². The zero-order valence-corrected chi connectivity index (χ0v) is 12.7. The zero-order valence-electron chi connectivity index (χ0n) is 12.7. The molecule has 1 unspecified atom stereocenters. The fraction of sp³-hybridized carbons (Fsp3) is 0.333. The van der Waals surface area contributed by atoms with Crippen LogP contribution < -0.4 is 10.1 Å². The third-order valence-corrected chi connectivity index (χ3v) is 3.56. The van der Waals surface area contributed by atoms with Gasteiger partial charge in [-0.25, -0.2) is 0 Å². The lowest BCUT2D eigenvalue weighted by atomic mass is 9.99. The van der Waals surface area contributed by atoms with Crippen LogP contribution in [0.3, 0.4) is 0 Å². The molecule has 0 fully saturated rings. The predicted molar refractivity (Wildman–Crippen MR) is 85.6 cm³/mol. The lowest BCUT2D eigenvalue weighted by Gasteiger charge is -2.17. The standard InChI is InChI=1S/C18H23NO/c1-13(2)15-8-10-16(11-9-15)14(3)19-17-6-5-7-18(12-17)20-4/h5-14,19H,1-4H3. The molecule has 0 aliphatic carbocycles. The topological polar surface area (TPSA) is 21.3 Å². The summed E-state index contributed by atoms with van der Waals surface area (Å²) in [6.45, 7) is 6.60. The number of anilines is 1. The van der Waals surface area contributed by atoms with Gasteiger partial charge in [0, 0.05) is 17.8 Å². The predicted octanol–water partition coefficient (Wildman–Crippen LogP) is 4.99. The van der Waals surface area contributed by atoms with Gasteiger partial charge in [0.2, 0.25) is 0 Å². The molecule has 0 amide bonds. The van der Waals surface area contributed by atoms with Crippen LogP contribution in [0.4, 0.5) is 5.69 Å². The van der Waals surface area contributed by atoms with Crippen molar-refractivity contribution in [3.63, 3.8) is 0 Å². The normalized spacial score (nSPS) is 12.2. The van der Waals surface area contributed by atoms with Crippen LogP contribution in [0.15, 0.2) is 48.5 Å². The summed E-state index contributed by atoms with van der Waals surface area (Å²) in [6.07, 6.45) is 0. The molecule has 20 heavy (non-hydrogen) atoms. The van der Waals surface area contributed by atoms with Crippen molar-refractivity contribution in [1.82, 2.24) is 0 Å². The Morgan fingerprint density at radius 1 is 0.900 bits per heavy atom. The second kappa shape index (κ2) is 6.47. The molecule has 0 saturated carbocycles. The Morgan fingerprint density at radius 3 is 2.15 bits per heavy atom. The van der Waals surface area contributed by atoms with Crippen LogP contribution >= 0.6 is 0 Å². The fourth-order valence-corrected chi connectivity index (χ4v) is 2.22. The average molecular weight is 269 g/mol. The summed E-state index contributed by atoms with van der Waals surface area (Å²) >= 11 is 0. The molecule has 0 bridgehead atoms. The van der Waals surface area contributed by atoms with E-state index in [1.165, 1.54) is 11.1 Å². The van der Waals surface area contributed by atoms with Gasteiger partial charge in [-0.1, -0.05) is 44.2 Å². The van der Waals surface area contributed by atoms with Gasteiger partial charge in [-0.3, -0.25) is 0 Å². The van der Waals surface area contributed by atoms with Crippen molar-refractivity contribution in [1.29, 1.82) is 0 Å². The minimum atomic E-state index is 0.267. The number of hydrogen-bond donors (Lipinski definition) is 1. The molecule has 0 heterocycles. The maximum Gasteiger partial charge on any atom is 0.120 e. The van der Waals surface area contributed by atoms with Crippen LogP contribution in [-0.4, -0.2) is 7.11 Å². The van der Waals surface area contributed by atoms with Crippen LogP contribution in [-0.2, 0) is 0 Å². The second-order valence-electron chi connectivity index (χ2n) is 5.42. The van der Waals surface area contributed by atoms with Crippen LogP contribution in [0, 0.1) is 0 Å². The summed E-state index contributed by atoms with van der Waals surface area (Å²) in [4.78, 5) is 0. The first kappa shape index (κ1) is 14.4. The Bertz CT molecular complexity index is 546. The summed E-state index contributed by atoms with van der Waals surface area (Å²) in [5, 5.41) is 3.50. The van der Waals surface area contributed by atoms with E-state index in [0.29, 0.717) is 5.92 Å². The summed E-state index contributed by atoms with van der Waals surface area (Å²) in [6, 6.07) is 17.1. The maximum atomic E-state index is 5.24. The van der Waals surface area contributed by atoms with Crippen LogP contribution in [0.2, 0.25) is 0 Å². The molecule has 2 heteroatoms. The minimum Gasteiger partial charge on any atom is -0.497 e. The third-order valence-electron chi connectivity index (χ3n) is 3.56. The van der Waals surface area contributed by atoms with E-state index in [2.05, 4.69) is 56.4 Å². The maximum absolute atomic E-state index is 5.24. The van der Waals surface area contributed by atoms with E-state index < -0.39 is 0 Å². The Balaban J connectivity index is 2.08. The second-order valence-corrected chi connectivity index (χ2v) is 5.42. The lowest BCUT2D eigenvalue weighted by Crippen LogP contribution is -2.06. The van der Waals surface area contributed by atoms with Crippen molar-refractivity contribution < 1.29 is 4.74 Å². The highest BCUT2D eigenvalue weighted by Crippen LogP contribution is 2.24. The van der Waals surface area contributed by atoms with E-state index in [-0.39, 0.29) is 6.04 Å².